The number of halogens is 10. The molecule has 0 spiro atoms. The number of anilines is 1. The number of amidine groups is 1. The number of carbonyl (C=O) groups excluding carboxylic acids is 1. The van der Waals surface area contributed by atoms with E-state index in [1.165, 1.54) is 31.3 Å². The molecule has 8 rings (SSSR count). The summed E-state index contributed by atoms with van der Waals surface area (Å²) in [4.78, 5) is 37.9. The molecular weight excluding hydrogens is 925 g/mol. The Morgan fingerprint density at radius 2 is 1.69 bits per heavy atom. The minimum atomic E-state index is -4.09. The van der Waals surface area contributed by atoms with Gasteiger partial charge in [-0.25, -0.2) is 44.7 Å². The van der Waals surface area contributed by atoms with Crippen LogP contribution in [0.4, 0.5) is 40.8 Å². The average Bonchev–Trinajstić information content (AvgIpc) is 3.86. The van der Waals surface area contributed by atoms with Crippen LogP contribution < -0.4 is 20.9 Å². The van der Waals surface area contributed by atoms with Crippen LogP contribution in [0.25, 0.3) is 28.0 Å². The third-order valence-electron chi connectivity index (χ3n) is 10.7. The molecule has 64 heavy (non-hydrogen) atoms. The Morgan fingerprint density at radius 1 is 0.984 bits per heavy atom. The van der Waals surface area contributed by atoms with E-state index in [1.54, 1.807) is 0 Å². The first-order valence-corrected chi connectivity index (χ1v) is 21.4. The number of nitrogens with one attached hydrogen (secondary N) is 4. The predicted molar refractivity (Wildman–Crippen MR) is 218 cm³/mol. The second-order valence-corrected chi connectivity index (χ2v) is 17.6. The molecule has 4 N–H and O–H groups in total. The average molecular weight is 955 g/mol. The van der Waals surface area contributed by atoms with E-state index in [1.807, 2.05) is 4.72 Å². The highest BCUT2D eigenvalue weighted by Gasteiger charge is 2.67. The van der Waals surface area contributed by atoms with Crippen molar-refractivity contribution in [2.75, 3.05) is 18.6 Å². The van der Waals surface area contributed by atoms with E-state index in [4.69, 9.17) is 28.6 Å². The number of pyridine rings is 1. The number of sulfonamides is 1. The van der Waals surface area contributed by atoms with Crippen LogP contribution in [0.15, 0.2) is 59.4 Å². The molecule has 3 atom stereocenters. The maximum absolute atomic E-state index is 15.5. The Balaban J connectivity index is 1.35. The molecule has 3 aromatic heterocycles. The van der Waals surface area contributed by atoms with Crippen molar-refractivity contribution in [3.63, 3.8) is 0 Å². The zero-order valence-corrected chi connectivity index (χ0v) is 35.0. The number of fused-ring (bicyclic) bond motifs is 4. The summed E-state index contributed by atoms with van der Waals surface area (Å²) in [5, 5.41) is 16.6. The number of hydrogen-bond donors (Lipinski definition) is 4. The van der Waals surface area contributed by atoms with Gasteiger partial charge in [-0.3, -0.25) is 29.0 Å². The van der Waals surface area contributed by atoms with E-state index in [0.29, 0.717) is 16.8 Å². The molecule has 1 saturated carbocycles. The van der Waals surface area contributed by atoms with Gasteiger partial charge in [0, 0.05) is 42.6 Å². The van der Waals surface area contributed by atoms with Gasteiger partial charge in [0.05, 0.1) is 50.4 Å². The van der Waals surface area contributed by atoms with Crippen LogP contribution in [-0.2, 0) is 33.7 Å². The van der Waals surface area contributed by atoms with Gasteiger partial charge in [-0.2, -0.15) is 13.9 Å². The van der Waals surface area contributed by atoms with Crippen molar-refractivity contribution in [1.29, 1.82) is 5.41 Å². The molecule has 24 heteroatoms. The number of hydrogen-bond acceptors (Lipinski definition) is 9. The number of carbonyl (C=O) groups is 1. The van der Waals surface area contributed by atoms with Crippen molar-refractivity contribution < 1.29 is 48.3 Å². The lowest BCUT2D eigenvalue weighted by molar-refractivity contribution is -0.123. The second kappa shape index (κ2) is 16.1. The van der Waals surface area contributed by atoms with E-state index in [9.17, 15) is 40.0 Å². The predicted octanol–water partition coefficient (Wildman–Crippen LogP) is 7.67. The fraction of sp³-hybridized carbons (Fsp3) is 0.250. The second-order valence-electron chi connectivity index (χ2n) is 15.0. The Kier molecular flexibility index (Phi) is 11.2. The highest BCUT2D eigenvalue weighted by Crippen LogP contribution is 2.68. The van der Waals surface area contributed by atoms with Crippen molar-refractivity contribution in [3.05, 3.63) is 132 Å². The molecule has 1 amide bonds. The first-order chi connectivity index (χ1) is 30.1. The first-order valence-electron chi connectivity index (χ1n) is 18.7. The molecule has 3 heterocycles. The van der Waals surface area contributed by atoms with E-state index in [2.05, 4.69) is 25.7 Å². The Bertz CT molecular complexity index is 3130. The van der Waals surface area contributed by atoms with Crippen molar-refractivity contribution in [2.24, 2.45) is 5.92 Å². The maximum atomic E-state index is 15.5. The van der Waals surface area contributed by atoms with Gasteiger partial charge in [-0.05, 0) is 60.4 Å². The summed E-state index contributed by atoms with van der Waals surface area (Å²) < 4.78 is 146. The maximum Gasteiger partial charge on any atom is 0.293 e. The van der Waals surface area contributed by atoms with E-state index in [-0.39, 0.29) is 56.2 Å². The summed E-state index contributed by atoms with van der Waals surface area (Å²) in [7, 11) is -2.77. The molecule has 0 radical (unpaired) electrons. The van der Waals surface area contributed by atoms with Gasteiger partial charge in [0.1, 0.15) is 52.9 Å². The first kappa shape index (κ1) is 44.5. The van der Waals surface area contributed by atoms with Gasteiger partial charge < -0.3 is 10.6 Å². The highest BCUT2D eigenvalue weighted by atomic mass is 35.5. The lowest BCUT2D eigenvalue weighted by Gasteiger charge is -2.25. The lowest BCUT2D eigenvalue weighted by atomic mass is 10.0. The smallest absolute Gasteiger partial charge is 0.293 e. The number of amides is 1. The normalized spacial score (nSPS) is 16.7. The van der Waals surface area contributed by atoms with E-state index >= 15 is 13.2 Å². The molecule has 6 aromatic rings. The van der Waals surface area contributed by atoms with E-state index < -0.39 is 122 Å². The van der Waals surface area contributed by atoms with Crippen molar-refractivity contribution >= 4 is 61.7 Å². The molecule has 334 valence electrons. The van der Waals surface area contributed by atoms with Crippen molar-refractivity contribution in [3.8, 4) is 16.9 Å². The highest BCUT2D eigenvalue weighted by molar-refractivity contribution is 7.89. The van der Waals surface area contributed by atoms with Gasteiger partial charge in [0.15, 0.2) is 5.65 Å². The SMILES string of the molecule is CNc1c(-n2c([C@H](Cc3cc(F)cc(F)c3)NC(=O)Cn3nc(C(F)F)c4c3C(F)(F)[C@@H]3C[C@H]43)nc3nc(-c4cc(Cl)c(F)cc4F)ccc3c2=O)ccc(Cl)c1C(=N)NS(C)(=O)=O. The summed E-state index contributed by atoms with van der Waals surface area (Å²) in [5.74, 6) is -12.6. The third-order valence-corrected chi connectivity index (χ3v) is 11.9. The van der Waals surface area contributed by atoms with Gasteiger partial charge in [-0.15, -0.1) is 0 Å². The molecule has 0 saturated heterocycles. The van der Waals surface area contributed by atoms with Crippen LogP contribution >= 0.6 is 23.2 Å². The Morgan fingerprint density at radius 3 is 2.34 bits per heavy atom. The van der Waals surface area contributed by atoms with Crippen LogP contribution in [0.3, 0.4) is 0 Å². The Labute approximate surface area is 366 Å². The zero-order chi connectivity index (χ0) is 46.3. The largest absolute Gasteiger partial charge is 0.386 e. The number of aromatic nitrogens is 5. The van der Waals surface area contributed by atoms with Crippen LogP contribution in [0, 0.1) is 34.6 Å². The molecule has 2 aliphatic carbocycles. The number of benzene rings is 3. The summed E-state index contributed by atoms with van der Waals surface area (Å²) in [6, 6.07) is 6.79. The number of alkyl halides is 4. The quantitative estimate of drug-likeness (QED) is 0.0418. The fourth-order valence-electron chi connectivity index (χ4n) is 8.03. The monoisotopic (exact) mass is 953 g/mol. The van der Waals surface area contributed by atoms with E-state index in [0.717, 1.165) is 29.0 Å². The van der Waals surface area contributed by atoms with Crippen LogP contribution in [-0.4, -0.2) is 57.8 Å². The minimum Gasteiger partial charge on any atom is -0.386 e. The molecule has 1 fully saturated rings. The molecule has 3 aromatic carbocycles. The molecular formula is C40H29Cl2F8N9O4S. The van der Waals surface area contributed by atoms with Crippen molar-refractivity contribution in [1.82, 2.24) is 34.4 Å². The summed E-state index contributed by atoms with van der Waals surface area (Å²) in [5.41, 5.74) is -5.00. The zero-order valence-electron chi connectivity index (χ0n) is 32.7. The molecule has 0 aliphatic heterocycles. The molecule has 0 bridgehead atoms. The number of nitrogens with zero attached hydrogens (tertiary/aromatic N) is 5. The Hall–Kier alpha value is -6.13. The van der Waals surface area contributed by atoms with Gasteiger partial charge in [0.25, 0.3) is 17.9 Å². The number of rotatable bonds is 12. The van der Waals surface area contributed by atoms with Crippen LogP contribution in [0.5, 0.6) is 0 Å². The van der Waals surface area contributed by atoms with Gasteiger partial charge in [0.2, 0.25) is 15.9 Å². The van der Waals surface area contributed by atoms with Gasteiger partial charge in [-0.1, -0.05) is 23.2 Å². The standard InChI is InChI=1S/C40H29Cl2F8N9O4S/c1-52-32-28(6-4-22(41)31(32)36(51)57-64(2,62)63)59-38(55-37-18(39(59)61)3-5-26(54-37)20-12-23(42)25(46)13-24(20)45)27(9-15-7-16(43)10-17(44)8-15)53-29(60)14-58-34-30(33(56-58)35(47)48)19-11-21(19)40(34,49)50/h3-8,10,12-13,19,21,27,35,52H,9,11,14H2,1-2H3,(H2,51,57)(H,53,60)/t19-,21+,27-/m0/s1. The molecule has 2 aliphatic rings. The van der Waals surface area contributed by atoms with Crippen molar-refractivity contribution in [2.45, 2.75) is 43.7 Å². The third kappa shape index (κ3) is 8.01. The topological polar surface area (TPSA) is 177 Å². The molecule has 0 unspecified atom stereocenters. The minimum absolute atomic E-state index is 0.0591. The molecule has 13 nitrogen and oxygen atoms in total. The summed E-state index contributed by atoms with van der Waals surface area (Å²) >= 11 is 12.4. The summed E-state index contributed by atoms with van der Waals surface area (Å²) in [6.07, 6.45) is -3.19. The van der Waals surface area contributed by atoms with Gasteiger partial charge >= 0.3 is 0 Å². The van der Waals surface area contributed by atoms with Crippen LogP contribution in [0.1, 0.15) is 58.7 Å². The fourth-order valence-corrected chi connectivity index (χ4v) is 8.92. The lowest BCUT2D eigenvalue weighted by Crippen LogP contribution is -2.38. The summed E-state index contributed by atoms with van der Waals surface area (Å²) in [6.45, 7) is -1.09. The van der Waals surface area contributed by atoms with Crippen LogP contribution in [0.2, 0.25) is 10.0 Å².